The molecule has 0 aliphatic carbocycles. The Morgan fingerprint density at radius 3 is 1.17 bits per heavy atom. The summed E-state index contributed by atoms with van der Waals surface area (Å²) in [5, 5.41) is 0. The van der Waals surface area contributed by atoms with Gasteiger partial charge in [-0.2, -0.15) is 0 Å². The largest absolute Gasteiger partial charge is 0.351 e. The molecule has 0 aliphatic heterocycles. The number of carbonyl (C=O) groups excluding carboxylic acids is 2. The van der Waals surface area contributed by atoms with Crippen LogP contribution in [0.1, 0.15) is 11.1 Å². The predicted octanol–water partition coefficient (Wildman–Crippen LogP) is 1.14. The molecule has 2 aromatic carbocycles. The molecule has 0 heterocycles. The van der Waals surface area contributed by atoms with Crippen LogP contribution in [-0.2, 0) is 20.0 Å². The van der Waals surface area contributed by atoms with Crippen molar-refractivity contribution in [3.63, 3.8) is 0 Å². The molecule has 0 saturated heterocycles. The van der Waals surface area contributed by atoms with Crippen LogP contribution in [0, 0.1) is 13.8 Å². The first-order valence-electron chi connectivity index (χ1n) is 8.65. The summed E-state index contributed by atoms with van der Waals surface area (Å²) >= 11 is 0. The van der Waals surface area contributed by atoms with Crippen LogP contribution in [0.5, 0.6) is 0 Å². The standard InChI is InChI=1S/C18H22N4O6S2/c1-13-3-7-15(8-4-13)29(25,26)21(17(19)23)11-12-22(18(20)24)30(27,28)16-9-5-14(2)6-10-16/h3-10H,11-12H2,1-2H3,(H2,19,23)(H2,20,24). The van der Waals surface area contributed by atoms with E-state index in [-0.39, 0.29) is 18.4 Å². The van der Waals surface area contributed by atoms with Gasteiger partial charge in [0.2, 0.25) is 0 Å². The van der Waals surface area contributed by atoms with Crippen molar-refractivity contribution in [2.75, 3.05) is 13.1 Å². The Morgan fingerprint density at radius 1 is 0.667 bits per heavy atom. The van der Waals surface area contributed by atoms with E-state index in [4.69, 9.17) is 11.5 Å². The van der Waals surface area contributed by atoms with E-state index in [0.717, 1.165) is 11.1 Å². The molecular formula is C18H22N4O6S2. The number of hydrogen-bond acceptors (Lipinski definition) is 6. The van der Waals surface area contributed by atoms with Crippen LogP contribution in [0.3, 0.4) is 0 Å². The molecule has 0 aliphatic rings. The molecule has 4 N–H and O–H groups in total. The molecule has 2 aromatic rings. The predicted molar refractivity (Wildman–Crippen MR) is 109 cm³/mol. The van der Waals surface area contributed by atoms with Gasteiger partial charge in [-0.3, -0.25) is 0 Å². The van der Waals surface area contributed by atoms with E-state index < -0.39 is 45.2 Å². The molecule has 10 nitrogen and oxygen atoms in total. The molecule has 0 saturated carbocycles. The molecule has 0 unspecified atom stereocenters. The fourth-order valence-corrected chi connectivity index (χ4v) is 5.14. The van der Waals surface area contributed by atoms with Gasteiger partial charge in [0.25, 0.3) is 20.0 Å². The summed E-state index contributed by atoms with van der Waals surface area (Å²) in [6, 6.07) is 8.62. The zero-order valence-electron chi connectivity index (χ0n) is 16.3. The molecular weight excluding hydrogens is 432 g/mol. The highest BCUT2D eigenvalue weighted by Crippen LogP contribution is 2.19. The number of benzene rings is 2. The number of aryl methyl sites for hydroxylation is 2. The molecule has 30 heavy (non-hydrogen) atoms. The molecule has 4 amide bonds. The molecule has 0 fully saturated rings. The summed E-state index contributed by atoms with van der Waals surface area (Å²) < 4.78 is 51.6. The topological polar surface area (TPSA) is 161 Å². The number of primary amides is 2. The average Bonchev–Trinajstić information content (AvgIpc) is 2.64. The van der Waals surface area contributed by atoms with Gasteiger partial charge < -0.3 is 11.5 Å². The normalized spacial score (nSPS) is 11.7. The lowest BCUT2D eigenvalue weighted by Crippen LogP contribution is -2.48. The lowest BCUT2D eigenvalue weighted by atomic mass is 10.2. The summed E-state index contributed by atoms with van der Waals surface area (Å²) in [5.74, 6) is 0. The Balaban J connectivity index is 2.34. The van der Waals surface area contributed by atoms with Crippen molar-refractivity contribution in [3.8, 4) is 0 Å². The highest BCUT2D eigenvalue weighted by Gasteiger charge is 2.32. The molecule has 0 spiro atoms. The Bertz CT molecular complexity index is 1050. The monoisotopic (exact) mass is 454 g/mol. The second kappa shape index (κ2) is 8.71. The third-order valence-corrected chi connectivity index (χ3v) is 7.84. The number of nitrogens with two attached hydrogens (primary N) is 2. The minimum absolute atomic E-state index is 0.209. The number of urea groups is 2. The van der Waals surface area contributed by atoms with E-state index in [2.05, 4.69) is 0 Å². The lowest BCUT2D eigenvalue weighted by Gasteiger charge is -2.25. The maximum atomic E-state index is 12.8. The van der Waals surface area contributed by atoms with Gasteiger partial charge in [0.1, 0.15) is 0 Å². The summed E-state index contributed by atoms with van der Waals surface area (Å²) in [6.45, 7) is 2.09. The Morgan fingerprint density at radius 2 is 0.933 bits per heavy atom. The summed E-state index contributed by atoms with van der Waals surface area (Å²) in [7, 11) is -8.74. The van der Waals surface area contributed by atoms with Crippen molar-refractivity contribution in [2.45, 2.75) is 23.6 Å². The SMILES string of the molecule is Cc1ccc(S(=O)(=O)N(CCN(C(N)=O)S(=O)(=O)c2ccc(C)cc2)C(N)=O)cc1. The Hall–Kier alpha value is -3.12. The van der Waals surface area contributed by atoms with Gasteiger partial charge in [-0.15, -0.1) is 0 Å². The molecule has 0 bridgehead atoms. The number of carbonyl (C=O) groups is 2. The van der Waals surface area contributed by atoms with Gasteiger partial charge in [0, 0.05) is 0 Å². The number of nitrogens with zero attached hydrogens (tertiary/aromatic N) is 2. The minimum Gasteiger partial charge on any atom is -0.351 e. The van der Waals surface area contributed by atoms with E-state index in [1.807, 2.05) is 0 Å². The van der Waals surface area contributed by atoms with Crippen LogP contribution >= 0.6 is 0 Å². The van der Waals surface area contributed by atoms with Gasteiger partial charge in [0.15, 0.2) is 0 Å². The quantitative estimate of drug-likeness (QED) is 0.638. The van der Waals surface area contributed by atoms with E-state index in [1.165, 1.54) is 48.5 Å². The van der Waals surface area contributed by atoms with Crippen LogP contribution in [0.4, 0.5) is 9.59 Å². The fraction of sp³-hybridized carbons (Fsp3) is 0.222. The summed E-state index contributed by atoms with van der Waals surface area (Å²) in [4.78, 5) is 23.2. The van der Waals surface area contributed by atoms with Crippen molar-refractivity contribution >= 4 is 32.1 Å². The fourth-order valence-electron chi connectivity index (χ4n) is 2.55. The Labute approximate surface area is 175 Å². The van der Waals surface area contributed by atoms with E-state index in [0.29, 0.717) is 0 Å². The molecule has 0 aromatic heterocycles. The lowest BCUT2D eigenvalue weighted by molar-refractivity contribution is 0.221. The van der Waals surface area contributed by atoms with Gasteiger partial charge in [0.05, 0.1) is 22.9 Å². The van der Waals surface area contributed by atoms with Crippen molar-refractivity contribution in [3.05, 3.63) is 59.7 Å². The molecule has 12 heteroatoms. The third-order valence-electron chi connectivity index (χ3n) is 4.22. The second-order valence-electron chi connectivity index (χ2n) is 6.46. The van der Waals surface area contributed by atoms with Crippen LogP contribution in [-0.4, -0.2) is 50.6 Å². The maximum absolute atomic E-state index is 12.8. The van der Waals surface area contributed by atoms with Crippen molar-refractivity contribution in [1.29, 1.82) is 0 Å². The van der Waals surface area contributed by atoms with Gasteiger partial charge in [-0.25, -0.2) is 35.0 Å². The molecule has 0 atom stereocenters. The average molecular weight is 455 g/mol. The number of sulfonamides is 2. The van der Waals surface area contributed by atoms with Crippen molar-refractivity contribution in [1.82, 2.24) is 8.61 Å². The maximum Gasteiger partial charge on any atom is 0.328 e. The first-order chi connectivity index (χ1) is 13.9. The highest BCUT2D eigenvalue weighted by atomic mass is 32.2. The second-order valence-corrected chi connectivity index (χ2v) is 10.2. The molecule has 0 radical (unpaired) electrons. The van der Waals surface area contributed by atoms with Crippen LogP contribution < -0.4 is 11.5 Å². The van der Waals surface area contributed by atoms with Gasteiger partial charge in [-0.05, 0) is 38.1 Å². The van der Waals surface area contributed by atoms with Gasteiger partial charge in [-0.1, -0.05) is 35.4 Å². The van der Waals surface area contributed by atoms with Crippen LogP contribution in [0.2, 0.25) is 0 Å². The van der Waals surface area contributed by atoms with E-state index in [9.17, 15) is 26.4 Å². The highest BCUT2D eigenvalue weighted by molar-refractivity contribution is 7.90. The number of rotatable bonds is 7. The smallest absolute Gasteiger partial charge is 0.328 e. The minimum atomic E-state index is -4.37. The molecule has 2 rings (SSSR count). The zero-order valence-corrected chi connectivity index (χ0v) is 18.0. The third kappa shape index (κ3) is 4.89. The molecule has 162 valence electrons. The Kier molecular flexibility index (Phi) is 6.73. The van der Waals surface area contributed by atoms with Gasteiger partial charge >= 0.3 is 12.1 Å². The van der Waals surface area contributed by atoms with Crippen molar-refractivity contribution < 1.29 is 26.4 Å². The zero-order chi connectivity index (χ0) is 22.7. The summed E-state index contributed by atoms with van der Waals surface area (Å²) in [5.41, 5.74) is 12.0. The summed E-state index contributed by atoms with van der Waals surface area (Å²) in [6.07, 6.45) is 0. The number of hydrogen-bond donors (Lipinski definition) is 2. The first kappa shape index (κ1) is 23.2. The number of amides is 4. The van der Waals surface area contributed by atoms with E-state index in [1.54, 1.807) is 13.8 Å². The van der Waals surface area contributed by atoms with Crippen molar-refractivity contribution in [2.24, 2.45) is 11.5 Å². The van der Waals surface area contributed by atoms with E-state index >= 15 is 0 Å². The first-order valence-corrected chi connectivity index (χ1v) is 11.5. The van der Waals surface area contributed by atoms with Crippen LogP contribution in [0.15, 0.2) is 58.3 Å². The van der Waals surface area contributed by atoms with Crippen LogP contribution in [0.25, 0.3) is 0 Å².